The summed E-state index contributed by atoms with van der Waals surface area (Å²) in [6.07, 6.45) is 9.25. The second-order valence-electron chi connectivity index (χ2n) is 7.34. The molecule has 0 atom stereocenters. The zero-order valence-corrected chi connectivity index (χ0v) is 16.2. The fourth-order valence-electron chi connectivity index (χ4n) is 4.02. The maximum absolute atomic E-state index is 5.26. The lowest BCUT2D eigenvalue weighted by Crippen LogP contribution is -2.23. The van der Waals surface area contributed by atoms with Crippen molar-refractivity contribution in [1.29, 1.82) is 0 Å². The fraction of sp³-hybridized carbons (Fsp3) is 0.455. The van der Waals surface area contributed by atoms with E-state index in [9.17, 15) is 0 Å². The van der Waals surface area contributed by atoms with E-state index in [2.05, 4.69) is 40.1 Å². The largest absolute Gasteiger partial charge is 0.497 e. The molecular weight excluding hydrogens is 336 g/mol. The number of methoxy groups -OCH3 is 1. The number of nitrogens with zero attached hydrogens (tertiary/aromatic N) is 3. The third-order valence-corrected chi connectivity index (χ3v) is 5.51. The Morgan fingerprint density at radius 2 is 1.89 bits per heavy atom. The number of benzene rings is 1. The van der Waals surface area contributed by atoms with E-state index in [4.69, 9.17) is 9.84 Å². The second-order valence-corrected chi connectivity index (χ2v) is 7.34. The molecule has 0 unspecified atom stereocenters. The molecule has 27 heavy (non-hydrogen) atoms. The molecule has 0 amide bonds. The number of rotatable bonds is 6. The van der Waals surface area contributed by atoms with Crippen LogP contribution in [0.4, 0.5) is 5.82 Å². The lowest BCUT2D eigenvalue weighted by molar-refractivity contribution is 0.414. The van der Waals surface area contributed by atoms with Crippen molar-refractivity contribution in [2.24, 2.45) is 0 Å². The first-order chi connectivity index (χ1) is 13.3. The van der Waals surface area contributed by atoms with Gasteiger partial charge in [-0.3, -0.25) is 4.68 Å². The Kier molecular flexibility index (Phi) is 5.28. The van der Waals surface area contributed by atoms with E-state index < -0.39 is 0 Å². The molecule has 142 valence electrons. The predicted octanol–water partition coefficient (Wildman–Crippen LogP) is 4.80. The van der Waals surface area contributed by atoms with Crippen LogP contribution in [0.5, 0.6) is 5.75 Å². The van der Waals surface area contributed by atoms with Crippen LogP contribution in [0.25, 0.3) is 10.9 Å². The lowest BCUT2D eigenvalue weighted by Gasteiger charge is -2.23. The van der Waals surface area contributed by atoms with Crippen LogP contribution in [0.1, 0.15) is 50.3 Å². The van der Waals surface area contributed by atoms with E-state index in [1.807, 2.05) is 18.3 Å². The number of fused-ring (bicyclic) bond motifs is 1. The molecule has 4 rings (SSSR count). The van der Waals surface area contributed by atoms with Crippen molar-refractivity contribution in [3.05, 3.63) is 47.8 Å². The molecule has 2 heterocycles. The summed E-state index contributed by atoms with van der Waals surface area (Å²) in [5.41, 5.74) is 3.47. The Bertz CT molecular complexity index is 895. The second kappa shape index (κ2) is 7.99. The van der Waals surface area contributed by atoms with E-state index in [0.29, 0.717) is 6.04 Å². The summed E-state index contributed by atoms with van der Waals surface area (Å²) in [5.74, 6) is 1.87. The van der Waals surface area contributed by atoms with E-state index in [0.717, 1.165) is 35.7 Å². The van der Waals surface area contributed by atoms with Crippen LogP contribution in [-0.4, -0.2) is 27.9 Å². The number of pyridine rings is 1. The van der Waals surface area contributed by atoms with Gasteiger partial charge in [0.1, 0.15) is 11.6 Å². The highest BCUT2D eigenvalue weighted by Crippen LogP contribution is 2.29. The van der Waals surface area contributed by atoms with Crippen LogP contribution < -0.4 is 10.1 Å². The molecule has 1 fully saturated rings. The van der Waals surface area contributed by atoms with Crippen molar-refractivity contribution in [3.8, 4) is 5.75 Å². The number of nitrogens with one attached hydrogen (secondary N) is 1. The van der Waals surface area contributed by atoms with Crippen molar-refractivity contribution >= 4 is 16.7 Å². The summed E-state index contributed by atoms with van der Waals surface area (Å²) in [4.78, 5) is 4.67. The molecule has 1 saturated carbocycles. The summed E-state index contributed by atoms with van der Waals surface area (Å²) in [7, 11) is 1.69. The van der Waals surface area contributed by atoms with Gasteiger partial charge in [0.05, 0.1) is 30.3 Å². The van der Waals surface area contributed by atoms with Crippen LogP contribution in [0.3, 0.4) is 0 Å². The molecule has 0 spiro atoms. The molecule has 0 bridgehead atoms. The first-order valence-corrected chi connectivity index (χ1v) is 10.0. The van der Waals surface area contributed by atoms with Gasteiger partial charge >= 0.3 is 0 Å². The van der Waals surface area contributed by atoms with Crippen molar-refractivity contribution in [1.82, 2.24) is 14.8 Å². The molecule has 5 heteroatoms. The van der Waals surface area contributed by atoms with Gasteiger partial charge in [-0.1, -0.05) is 38.3 Å². The Hall–Kier alpha value is -2.56. The van der Waals surface area contributed by atoms with E-state index in [1.54, 1.807) is 7.11 Å². The minimum absolute atomic E-state index is 0.534. The van der Waals surface area contributed by atoms with Gasteiger partial charge in [-0.05, 0) is 43.0 Å². The van der Waals surface area contributed by atoms with Crippen LogP contribution in [0, 0.1) is 0 Å². The highest BCUT2D eigenvalue weighted by atomic mass is 16.5. The van der Waals surface area contributed by atoms with Crippen LogP contribution >= 0.6 is 0 Å². The fourth-order valence-corrected chi connectivity index (χ4v) is 4.02. The Morgan fingerprint density at radius 3 is 2.59 bits per heavy atom. The molecule has 1 aromatic carbocycles. The molecule has 2 aromatic heterocycles. The number of hydrogen-bond acceptors (Lipinski definition) is 4. The summed E-state index contributed by atoms with van der Waals surface area (Å²) in [6, 6.07) is 10.8. The van der Waals surface area contributed by atoms with E-state index in [1.165, 1.54) is 43.1 Å². The number of hydrogen-bond donors (Lipinski definition) is 1. The Morgan fingerprint density at radius 1 is 1.11 bits per heavy atom. The minimum atomic E-state index is 0.534. The van der Waals surface area contributed by atoms with Crippen LogP contribution in [-0.2, 0) is 13.0 Å². The van der Waals surface area contributed by atoms with Gasteiger partial charge in [-0.15, -0.1) is 0 Å². The summed E-state index contributed by atoms with van der Waals surface area (Å²) in [5, 5.41) is 9.79. The summed E-state index contributed by atoms with van der Waals surface area (Å²) >= 11 is 0. The minimum Gasteiger partial charge on any atom is -0.497 e. The smallest absolute Gasteiger partial charge is 0.137 e. The molecule has 1 aliphatic carbocycles. The van der Waals surface area contributed by atoms with Gasteiger partial charge in [0.2, 0.25) is 0 Å². The molecule has 0 aliphatic heterocycles. The Balaban J connectivity index is 1.66. The van der Waals surface area contributed by atoms with Gasteiger partial charge in [0.25, 0.3) is 0 Å². The van der Waals surface area contributed by atoms with Crippen molar-refractivity contribution in [2.45, 2.75) is 58.0 Å². The quantitative estimate of drug-likeness (QED) is 0.683. The van der Waals surface area contributed by atoms with Crippen molar-refractivity contribution in [2.75, 3.05) is 12.4 Å². The monoisotopic (exact) mass is 364 g/mol. The molecule has 3 aromatic rings. The van der Waals surface area contributed by atoms with Gasteiger partial charge < -0.3 is 10.1 Å². The molecule has 1 aliphatic rings. The average Bonchev–Trinajstić information content (AvgIpc) is 3.08. The molecule has 5 nitrogen and oxygen atoms in total. The van der Waals surface area contributed by atoms with Gasteiger partial charge in [-0.25, -0.2) is 4.98 Å². The normalized spacial score (nSPS) is 15.2. The number of anilines is 1. The standard InChI is InChI=1S/C22H28N4O/c1-3-19-21-20(13-14-23-22(21)24-17-7-5-4-6-8-17)26(25-19)15-16-9-11-18(27-2)12-10-16/h9-14,17H,3-8,15H2,1-2H3,(H,23,24). The van der Waals surface area contributed by atoms with E-state index >= 15 is 0 Å². The van der Waals surface area contributed by atoms with Gasteiger partial charge in [0.15, 0.2) is 0 Å². The number of ether oxygens (including phenoxy) is 1. The maximum atomic E-state index is 5.26. The third-order valence-electron chi connectivity index (χ3n) is 5.51. The number of aromatic nitrogens is 3. The maximum Gasteiger partial charge on any atom is 0.137 e. The Labute approximate surface area is 160 Å². The van der Waals surface area contributed by atoms with Gasteiger partial charge in [0, 0.05) is 12.2 Å². The van der Waals surface area contributed by atoms with Crippen LogP contribution in [0.2, 0.25) is 0 Å². The average molecular weight is 364 g/mol. The SMILES string of the molecule is CCc1nn(Cc2ccc(OC)cc2)c2ccnc(NC3CCCCC3)c12. The molecule has 1 N–H and O–H groups in total. The lowest BCUT2D eigenvalue weighted by atomic mass is 9.95. The topological polar surface area (TPSA) is 52.0 Å². The zero-order chi connectivity index (χ0) is 18.6. The number of aryl methyl sites for hydroxylation is 1. The van der Waals surface area contributed by atoms with Crippen LogP contribution in [0.15, 0.2) is 36.5 Å². The van der Waals surface area contributed by atoms with Gasteiger partial charge in [-0.2, -0.15) is 5.10 Å². The van der Waals surface area contributed by atoms with Crippen molar-refractivity contribution < 1.29 is 4.74 Å². The zero-order valence-electron chi connectivity index (χ0n) is 16.2. The molecule has 0 saturated heterocycles. The molecule has 0 radical (unpaired) electrons. The summed E-state index contributed by atoms with van der Waals surface area (Å²) in [6.45, 7) is 2.91. The molecular formula is C22H28N4O. The highest BCUT2D eigenvalue weighted by Gasteiger charge is 2.18. The highest BCUT2D eigenvalue weighted by molar-refractivity contribution is 5.92. The summed E-state index contributed by atoms with van der Waals surface area (Å²) < 4.78 is 7.36. The first kappa shape index (κ1) is 17.8. The van der Waals surface area contributed by atoms with Crippen molar-refractivity contribution in [3.63, 3.8) is 0 Å². The third kappa shape index (κ3) is 3.77. The predicted molar refractivity (Wildman–Crippen MR) is 109 cm³/mol. The first-order valence-electron chi connectivity index (χ1n) is 10.0. The van der Waals surface area contributed by atoms with E-state index in [-0.39, 0.29) is 0 Å².